The van der Waals surface area contributed by atoms with Crippen LogP contribution in [0.2, 0.25) is 0 Å². The van der Waals surface area contributed by atoms with E-state index in [1.54, 1.807) is 7.11 Å². The van der Waals surface area contributed by atoms with Crippen LogP contribution in [0.3, 0.4) is 0 Å². The van der Waals surface area contributed by atoms with Crippen molar-refractivity contribution in [3.63, 3.8) is 0 Å². The third-order valence-electron chi connectivity index (χ3n) is 2.54. The monoisotopic (exact) mass is 222 g/mol. The molecule has 0 heterocycles. The fourth-order valence-electron chi connectivity index (χ4n) is 1.72. The Hall–Kier alpha value is -1.06. The number of methoxy groups -OCH3 is 1. The van der Waals surface area contributed by atoms with Gasteiger partial charge < -0.3 is 4.74 Å². The lowest BCUT2D eigenvalue weighted by Crippen LogP contribution is -2.31. The normalized spacial score (nSPS) is 13.6. The Kier molecular flexibility index (Phi) is 4.33. The van der Waals surface area contributed by atoms with Crippen LogP contribution in [-0.2, 0) is 0 Å². The van der Waals surface area contributed by atoms with Gasteiger partial charge >= 0.3 is 0 Å². The summed E-state index contributed by atoms with van der Waals surface area (Å²) in [5.74, 6) is 6.47. The van der Waals surface area contributed by atoms with Crippen LogP contribution in [0.15, 0.2) is 24.3 Å². The number of hydrogen-bond acceptors (Lipinski definition) is 3. The molecule has 1 atom stereocenters. The summed E-state index contributed by atoms with van der Waals surface area (Å²) < 4.78 is 5.13. The van der Waals surface area contributed by atoms with E-state index >= 15 is 0 Å². The standard InChI is InChI=1S/C13H22N2O/c1-13(2,3)9-12(15-14)10-5-7-11(16-4)8-6-10/h5-8,12,15H,9,14H2,1-4H3. The SMILES string of the molecule is COc1ccc(C(CC(C)(C)C)NN)cc1. The summed E-state index contributed by atoms with van der Waals surface area (Å²) in [4.78, 5) is 0. The molecule has 0 amide bonds. The number of nitrogens with one attached hydrogen (secondary N) is 1. The van der Waals surface area contributed by atoms with Crippen LogP contribution in [0, 0.1) is 5.41 Å². The van der Waals surface area contributed by atoms with Crippen LogP contribution < -0.4 is 16.0 Å². The van der Waals surface area contributed by atoms with E-state index in [4.69, 9.17) is 10.6 Å². The van der Waals surface area contributed by atoms with Gasteiger partial charge in [0.15, 0.2) is 0 Å². The Bertz CT molecular complexity index is 314. The minimum atomic E-state index is 0.186. The first-order valence-corrected chi connectivity index (χ1v) is 5.56. The molecule has 1 unspecified atom stereocenters. The molecule has 1 rings (SSSR count). The van der Waals surface area contributed by atoms with Crippen molar-refractivity contribution in [2.45, 2.75) is 33.2 Å². The molecule has 0 aromatic heterocycles. The molecule has 0 bridgehead atoms. The third kappa shape index (κ3) is 3.83. The second kappa shape index (κ2) is 5.32. The Labute approximate surface area is 98.0 Å². The number of benzene rings is 1. The van der Waals surface area contributed by atoms with Gasteiger partial charge in [-0.3, -0.25) is 11.3 Å². The van der Waals surface area contributed by atoms with Crippen molar-refractivity contribution in [1.29, 1.82) is 0 Å². The average Bonchev–Trinajstić information content (AvgIpc) is 2.25. The van der Waals surface area contributed by atoms with Gasteiger partial charge in [-0.25, -0.2) is 0 Å². The summed E-state index contributed by atoms with van der Waals surface area (Å²) in [7, 11) is 1.67. The second-order valence-corrected chi connectivity index (χ2v) is 5.26. The van der Waals surface area contributed by atoms with Gasteiger partial charge in [0.25, 0.3) is 0 Å². The van der Waals surface area contributed by atoms with Gasteiger partial charge in [0, 0.05) is 6.04 Å². The summed E-state index contributed by atoms with van der Waals surface area (Å²) in [6, 6.07) is 8.21. The van der Waals surface area contributed by atoms with Gasteiger partial charge in [0.1, 0.15) is 5.75 Å². The summed E-state index contributed by atoms with van der Waals surface area (Å²) in [6.45, 7) is 6.63. The van der Waals surface area contributed by atoms with E-state index in [0.717, 1.165) is 12.2 Å². The van der Waals surface area contributed by atoms with Crippen molar-refractivity contribution in [3.8, 4) is 5.75 Å². The molecule has 1 aromatic rings. The number of ether oxygens (including phenoxy) is 1. The third-order valence-corrected chi connectivity index (χ3v) is 2.54. The summed E-state index contributed by atoms with van der Waals surface area (Å²) in [6.07, 6.45) is 0.996. The molecule has 16 heavy (non-hydrogen) atoms. The molecule has 0 aliphatic heterocycles. The molecule has 0 radical (unpaired) electrons. The molecule has 3 heteroatoms. The maximum Gasteiger partial charge on any atom is 0.118 e. The molecule has 0 saturated carbocycles. The highest BCUT2D eigenvalue weighted by Crippen LogP contribution is 2.29. The predicted octanol–water partition coefficient (Wildman–Crippen LogP) is 2.64. The van der Waals surface area contributed by atoms with Gasteiger partial charge in [0.05, 0.1) is 7.11 Å². The lowest BCUT2D eigenvalue weighted by Gasteiger charge is -2.25. The Morgan fingerprint density at radius 2 is 1.81 bits per heavy atom. The molecule has 0 spiro atoms. The first kappa shape index (κ1) is 13.0. The topological polar surface area (TPSA) is 47.3 Å². The number of nitrogens with two attached hydrogens (primary N) is 1. The molecular formula is C13H22N2O. The van der Waals surface area contributed by atoms with E-state index in [1.165, 1.54) is 5.56 Å². The molecule has 3 N–H and O–H groups in total. The van der Waals surface area contributed by atoms with E-state index in [1.807, 2.05) is 12.1 Å². The van der Waals surface area contributed by atoms with E-state index in [-0.39, 0.29) is 11.5 Å². The smallest absolute Gasteiger partial charge is 0.118 e. The number of hydrazine groups is 1. The van der Waals surface area contributed by atoms with Crippen LogP contribution in [0.1, 0.15) is 38.8 Å². The molecule has 0 aliphatic rings. The van der Waals surface area contributed by atoms with Crippen molar-refractivity contribution < 1.29 is 4.74 Å². The molecular weight excluding hydrogens is 200 g/mol. The molecule has 0 aliphatic carbocycles. The number of hydrogen-bond donors (Lipinski definition) is 2. The zero-order valence-corrected chi connectivity index (χ0v) is 10.6. The first-order valence-electron chi connectivity index (χ1n) is 5.56. The van der Waals surface area contributed by atoms with Gasteiger partial charge in [-0.2, -0.15) is 0 Å². The molecule has 0 saturated heterocycles. The van der Waals surface area contributed by atoms with Crippen molar-refractivity contribution in [3.05, 3.63) is 29.8 Å². The summed E-state index contributed by atoms with van der Waals surface area (Å²) >= 11 is 0. The van der Waals surface area contributed by atoms with E-state index in [0.29, 0.717) is 0 Å². The van der Waals surface area contributed by atoms with Crippen LogP contribution in [0.4, 0.5) is 0 Å². The van der Waals surface area contributed by atoms with Crippen molar-refractivity contribution in [2.75, 3.05) is 7.11 Å². The van der Waals surface area contributed by atoms with Crippen LogP contribution >= 0.6 is 0 Å². The zero-order chi connectivity index (χ0) is 12.2. The largest absolute Gasteiger partial charge is 0.497 e. The van der Waals surface area contributed by atoms with E-state index in [9.17, 15) is 0 Å². The Morgan fingerprint density at radius 3 is 2.19 bits per heavy atom. The Balaban J connectivity index is 2.79. The predicted molar refractivity (Wildman–Crippen MR) is 67.1 cm³/mol. The lowest BCUT2D eigenvalue weighted by molar-refractivity contribution is 0.313. The highest BCUT2D eigenvalue weighted by molar-refractivity contribution is 5.29. The molecule has 90 valence electrons. The average molecular weight is 222 g/mol. The van der Waals surface area contributed by atoms with Gasteiger partial charge in [-0.15, -0.1) is 0 Å². The summed E-state index contributed by atoms with van der Waals surface area (Å²) in [5.41, 5.74) is 4.31. The van der Waals surface area contributed by atoms with Crippen LogP contribution in [0.25, 0.3) is 0 Å². The van der Waals surface area contributed by atoms with Gasteiger partial charge in [-0.1, -0.05) is 32.9 Å². The summed E-state index contributed by atoms with van der Waals surface area (Å²) in [5, 5.41) is 0. The Morgan fingerprint density at radius 1 is 1.25 bits per heavy atom. The van der Waals surface area contributed by atoms with Gasteiger partial charge in [-0.05, 0) is 29.5 Å². The van der Waals surface area contributed by atoms with Crippen molar-refractivity contribution >= 4 is 0 Å². The van der Waals surface area contributed by atoms with Crippen LogP contribution in [0.5, 0.6) is 5.75 Å². The fourth-order valence-corrected chi connectivity index (χ4v) is 1.72. The molecule has 3 nitrogen and oxygen atoms in total. The van der Waals surface area contributed by atoms with Crippen molar-refractivity contribution in [1.82, 2.24) is 5.43 Å². The maximum atomic E-state index is 5.60. The van der Waals surface area contributed by atoms with Crippen LogP contribution in [-0.4, -0.2) is 7.11 Å². The fraction of sp³-hybridized carbons (Fsp3) is 0.538. The second-order valence-electron chi connectivity index (χ2n) is 5.26. The minimum absolute atomic E-state index is 0.186. The maximum absolute atomic E-state index is 5.60. The number of rotatable bonds is 4. The minimum Gasteiger partial charge on any atom is -0.497 e. The highest BCUT2D eigenvalue weighted by atomic mass is 16.5. The highest BCUT2D eigenvalue weighted by Gasteiger charge is 2.19. The quantitative estimate of drug-likeness (QED) is 0.608. The first-order chi connectivity index (χ1) is 7.46. The van der Waals surface area contributed by atoms with Crippen molar-refractivity contribution in [2.24, 2.45) is 11.3 Å². The zero-order valence-electron chi connectivity index (χ0n) is 10.6. The van der Waals surface area contributed by atoms with E-state index in [2.05, 4.69) is 38.3 Å². The van der Waals surface area contributed by atoms with E-state index < -0.39 is 0 Å². The van der Waals surface area contributed by atoms with Gasteiger partial charge in [0.2, 0.25) is 0 Å². The molecule has 0 fully saturated rings. The lowest BCUT2D eigenvalue weighted by atomic mass is 9.86. The molecule has 1 aromatic carbocycles.